The van der Waals surface area contributed by atoms with Gasteiger partial charge in [0.2, 0.25) is 0 Å². The molecule has 28 rings (SSSR count). The van der Waals surface area contributed by atoms with Crippen LogP contribution in [0.5, 0.6) is 0 Å². The minimum atomic E-state index is 0.107. The molecule has 8 bridgehead atoms. The summed E-state index contributed by atoms with van der Waals surface area (Å²) in [5, 5.41) is 4.54. The van der Waals surface area contributed by atoms with Crippen molar-refractivity contribution < 1.29 is 8.83 Å². The fourth-order valence-corrected chi connectivity index (χ4v) is 25.6. The molecule has 0 aliphatic heterocycles. The van der Waals surface area contributed by atoms with Crippen molar-refractivity contribution in [3.05, 3.63) is 398 Å². The second-order valence-corrected chi connectivity index (χ2v) is 36.2. The minimum Gasteiger partial charge on any atom is -0.456 e. The van der Waals surface area contributed by atoms with Gasteiger partial charge in [-0.2, -0.15) is 0 Å². The van der Waals surface area contributed by atoms with Crippen molar-refractivity contribution in [2.45, 2.75) is 75.0 Å². The van der Waals surface area contributed by atoms with Crippen LogP contribution in [0.4, 0.5) is 34.1 Å². The molecule has 4 nitrogen and oxygen atoms in total. The average Bonchev–Trinajstić information content (AvgIpc) is 1.49. The van der Waals surface area contributed by atoms with Crippen molar-refractivity contribution in [3.63, 3.8) is 0 Å². The summed E-state index contributed by atoms with van der Waals surface area (Å²) in [5.74, 6) is 6.69. The van der Waals surface area contributed by atoms with Crippen molar-refractivity contribution in [1.82, 2.24) is 0 Å². The highest BCUT2D eigenvalue weighted by molar-refractivity contribution is 6.10. The predicted octanol–water partition coefficient (Wildman–Crippen LogP) is 31.6. The van der Waals surface area contributed by atoms with Crippen LogP contribution >= 0.6 is 0 Å². The minimum absolute atomic E-state index is 0.107. The summed E-state index contributed by atoms with van der Waals surface area (Å²) >= 11 is 0. The van der Waals surface area contributed by atoms with Crippen molar-refractivity contribution in [2.24, 2.45) is 47.3 Å². The van der Waals surface area contributed by atoms with E-state index in [1.165, 1.54) is 153 Å². The Morgan fingerprint density at radius 3 is 0.975 bits per heavy atom. The first-order valence-electron chi connectivity index (χ1n) is 44.0. The lowest BCUT2D eigenvalue weighted by atomic mass is 9.42. The van der Waals surface area contributed by atoms with Crippen LogP contribution in [0.25, 0.3) is 133 Å². The van der Waals surface area contributed by atoms with Crippen molar-refractivity contribution in [2.75, 3.05) is 9.80 Å². The number of benzene rings is 16. The molecule has 0 radical (unpaired) electrons. The highest BCUT2D eigenvalue weighted by Crippen LogP contribution is 2.72. The molecule has 18 aromatic rings. The lowest BCUT2D eigenvalue weighted by molar-refractivity contribution is -0.0399. The molecular weight excluding hydrogens is 1450 g/mol. The van der Waals surface area contributed by atoms with E-state index >= 15 is 0 Å². The molecule has 2 heterocycles. The first-order valence-corrected chi connectivity index (χ1v) is 44.0. The Labute approximate surface area is 701 Å². The Morgan fingerprint density at radius 2 is 0.508 bits per heavy atom. The maximum absolute atomic E-state index is 6.78. The van der Waals surface area contributed by atoms with Gasteiger partial charge in [-0.05, 0) is 338 Å². The molecule has 2 aromatic heterocycles. The number of hydrogen-bond donors (Lipinski definition) is 0. The van der Waals surface area contributed by atoms with Gasteiger partial charge in [-0.25, -0.2) is 0 Å². The van der Waals surface area contributed by atoms with E-state index in [1.54, 1.807) is 22.3 Å². The van der Waals surface area contributed by atoms with Gasteiger partial charge in [-0.15, -0.1) is 0 Å². The molecule has 4 heteroatoms. The Hall–Kier alpha value is -13.3. The van der Waals surface area contributed by atoms with Gasteiger partial charge in [-0.1, -0.05) is 261 Å². The largest absolute Gasteiger partial charge is 0.456 e. The molecular formula is C116H90N2O2. The summed E-state index contributed by atoms with van der Waals surface area (Å²) in [6, 6.07) is 139. The lowest BCUT2D eigenvalue weighted by Gasteiger charge is -2.61. The molecule has 0 unspecified atom stereocenters. The SMILES string of the molecule is c1ccc(-c2ccc(N(c3ccc(-c4ccccc4)cc3)c3ccc4oc5cc(-c6cccc7c6C6(c8ccccc8-7)C7CC8CC(C7)CC6C8)ccc5c4c3)cc2)cc1.c1ccc(-c2ccc(N(c3ccc(-c4ccccc4)cc3)c3ccc4oc5ccc(-c6ccc7c(c6)-c6ccccc6C76C7CC8CC(C7)CC6C8)cc5c4c3)cc2)cc1. The molecule has 10 aliphatic carbocycles. The zero-order valence-electron chi connectivity index (χ0n) is 67.2. The van der Waals surface area contributed by atoms with Crippen molar-refractivity contribution >= 4 is 78.0 Å². The first-order chi connectivity index (χ1) is 59.4. The molecule has 0 atom stereocenters. The van der Waals surface area contributed by atoms with Gasteiger partial charge in [0.25, 0.3) is 0 Å². The summed E-state index contributed by atoms with van der Waals surface area (Å²) in [4.78, 5) is 4.73. The van der Waals surface area contributed by atoms with Crippen LogP contribution < -0.4 is 9.80 Å². The summed E-state index contributed by atoms with van der Waals surface area (Å²) < 4.78 is 13.3. The van der Waals surface area contributed by atoms with E-state index in [0.717, 1.165) is 125 Å². The molecule has 8 fully saturated rings. The van der Waals surface area contributed by atoms with E-state index in [4.69, 9.17) is 8.83 Å². The van der Waals surface area contributed by atoms with Gasteiger partial charge in [0, 0.05) is 66.5 Å². The Bertz CT molecular complexity index is 6800. The smallest absolute Gasteiger partial charge is 0.136 e. The molecule has 0 saturated heterocycles. The van der Waals surface area contributed by atoms with E-state index < -0.39 is 0 Å². The number of anilines is 6. The molecule has 576 valence electrons. The maximum Gasteiger partial charge on any atom is 0.136 e. The van der Waals surface area contributed by atoms with Crippen LogP contribution in [0.15, 0.2) is 385 Å². The summed E-state index contributed by atoms with van der Waals surface area (Å²) in [6.45, 7) is 0. The molecule has 0 amide bonds. The van der Waals surface area contributed by atoms with E-state index in [1.807, 2.05) is 0 Å². The molecule has 8 saturated carbocycles. The van der Waals surface area contributed by atoms with Gasteiger partial charge in [-0.3, -0.25) is 0 Å². The number of nitrogens with zero attached hydrogens (tertiary/aromatic N) is 2. The van der Waals surface area contributed by atoms with E-state index in [9.17, 15) is 0 Å². The van der Waals surface area contributed by atoms with Crippen LogP contribution in [0.3, 0.4) is 0 Å². The molecule has 120 heavy (non-hydrogen) atoms. The number of rotatable bonds is 12. The van der Waals surface area contributed by atoms with Gasteiger partial charge in [0.05, 0.1) is 0 Å². The van der Waals surface area contributed by atoms with E-state index in [2.05, 4.69) is 386 Å². The standard InChI is InChI=1S/2C58H45NO/c1-3-10-39(11-4-1)41-18-23-46(24-19-41)59(47-25-20-42(21-26-47)40-12-5-2-6-13-40)48-27-29-55-53(36-48)51-28-22-43(35-56(51)60-55)49-15-9-16-52-50-14-7-8-17-54(50)58(57(49)52)44-31-37-30-38(33-44)34-45(58)32-37;1-3-9-39(10-4-1)41-15-21-47(22-16-41)59(48-23-17-42(18-24-48)40-11-5-2-6-12-40)49-25-28-57-53(36-49)52-35-44(20-27-56(52)60-57)43-19-26-55-51(34-43)50-13-7-8-14-54(50)58(55)45-30-37-29-38(32-45)33-46(58)31-37/h1-29,35-38,44-45H,30-34H2;1-28,34-38,45-46H,29-33H2. The predicted molar refractivity (Wildman–Crippen MR) is 496 cm³/mol. The quantitative estimate of drug-likeness (QED) is 0.122. The Morgan fingerprint density at radius 1 is 0.192 bits per heavy atom. The highest BCUT2D eigenvalue weighted by Gasteiger charge is 2.63. The highest BCUT2D eigenvalue weighted by atomic mass is 16.3. The van der Waals surface area contributed by atoms with Gasteiger partial charge in [0.15, 0.2) is 0 Å². The van der Waals surface area contributed by atoms with E-state index in [-0.39, 0.29) is 10.8 Å². The summed E-state index contributed by atoms with van der Waals surface area (Å²) in [6.07, 6.45) is 14.1. The second-order valence-electron chi connectivity index (χ2n) is 36.2. The van der Waals surface area contributed by atoms with Crippen LogP contribution in [0.2, 0.25) is 0 Å². The van der Waals surface area contributed by atoms with Crippen molar-refractivity contribution in [3.8, 4) is 89.0 Å². The van der Waals surface area contributed by atoms with Crippen LogP contribution in [-0.2, 0) is 10.8 Å². The monoisotopic (exact) mass is 1540 g/mol. The Balaban J connectivity index is 0.000000133. The third kappa shape index (κ3) is 11.0. The summed E-state index contributed by atoms with van der Waals surface area (Å²) in [7, 11) is 0. The second kappa shape index (κ2) is 27.7. The summed E-state index contributed by atoms with van der Waals surface area (Å²) in [5.41, 5.74) is 37.7. The third-order valence-electron chi connectivity index (χ3n) is 30.1. The third-order valence-corrected chi connectivity index (χ3v) is 30.1. The fourth-order valence-electron chi connectivity index (χ4n) is 25.6. The Kier molecular flexibility index (Phi) is 16.1. The zero-order chi connectivity index (χ0) is 78.7. The zero-order valence-corrected chi connectivity index (χ0v) is 67.2. The lowest BCUT2D eigenvalue weighted by Crippen LogP contribution is -2.55. The van der Waals surface area contributed by atoms with Crippen molar-refractivity contribution in [1.29, 1.82) is 0 Å². The van der Waals surface area contributed by atoms with Gasteiger partial charge >= 0.3 is 0 Å². The molecule has 16 aromatic carbocycles. The van der Waals surface area contributed by atoms with Crippen LogP contribution in [0.1, 0.15) is 86.5 Å². The molecule has 2 spiro atoms. The van der Waals surface area contributed by atoms with Crippen LogP contribution in [-0.4, -0.2) is 0 Å². The van der Waals surface area contributed by atoms with Gasteiger partial charge < -0.3 is 18.6 Å². The average molecular weight is 1540 g/mol. The normalized spacial score (nSPS) is 22.1. The number of hydrogen-bond acceptors (Lipinski definition) is 4. The molecule has 0 N–H and O–H groups in total. The first kappa shape index (κ1) is 69.8. The number of furan rings is 2. The topological polar surface area (TPSA) is 32.8 Å². The number of fused-ring (bicyclic) bond motifs is 12. The molecule has 10 aliphatic rings. The van der Waals surface area contributed by atoms with E-state index in [0.29, 0.717) is 0 Å². The maximum atomic E-state index is 6.78. The van der Waals surface area contributed by atoms with Gasteiger partial charge in [0.1, 0.15) is 22.3 Å². The fraction of sp³-hybridized carbons (Fsp3) is 0.172. The van der Waals surface area contributed by atoms with Crippen LogP contribution in [0, 0.1) is 47.3 Å².